The molecule has 0 bridgehead atoms. The van der Waals surface area contributed by atoms with Gasteiger partial charge in [-0.15, -0.1) is 0 Å². The summed E-state index contributed by atoms with van der Waals surface area (Å²) in [5, 5.41) is 2.88. The standard InChI is InChI=1S/C19H23N3O3/c1-22(2)10-9-14-3-6-16(7-4-14)21-19(23)15-5-8-18(20-11-15)25-17-12-24-13-17/h3-8,11,17H,9-10,12-13H2,1-2H3,(H,21,23). The van der Waals surface area contributed by atoms with E-state index in [-0.39, 0.29) is 12.0 Å². The molecule has 0 radical (unpaired) electrons. The highest BCUT2D eigenvalue weighted by Gasteiger charge is 2.20. The van der Waals surface area contributed by atoms with Gasteiger partial charge in [-0.25, -0.2) is 4.98 Å². The lowest BCUT2D eigenvalue weighted by Crippen LogP contribution is -2.38. The second-order valence-corrected chi connectivity index (χ2v) is 6.37. The first-order valence-corrected chi connectivity index (χ1v) is 8.35. The van der Waals surface area contributed by atoms with Crippen LogP contribution in [-0.4, -0.2) is 55.7 Å². The summed E-state index contributed by atoms with van der Waals surface area (Å²) in [5.41, 5.74) is 2.51. The number of carbonyl (C=O) groups excluding carboxylic acids is 1. The molecule has 0 aliphatic carbocycles. The minimum atomic E-state index is -0.188. The van der Waals surface area contributed by atoms with Crippen LogP contribution >= 0.6 is 0 Å². The molecule has 1 aromatic heterocycles. The Morgan fingerprint density at radius 2 is 2.00 bits per heavy atom. The van der Waals surface area contributed by atoms with Crippen molar-refractivity contribution in [3.8, 4) is 5.88 Å². The molecule has 1 fully saturated rings. The Labute approximate surface area is 147 Å². The van der Waals surface area contributed by atoms with Crippen molar-refractivity contribution in [1.29, 1.82) is 0 Å². The normalized spacial score (nSPS) is 14.2. The van der Waals surface area contributed by atoms with Gasteiger partial charge in [0.15, 0.2) is 0 Å². The summed E-state index contributed by atoms with van der Waals surface area (Å²) in [5.74, 6) is 0.321. The fraction of sp³-hybridized carbons (Fsp3) is 0.368. The highest BCUT2D eigenvalue weighted by molar-refractivity contribution is 6.04. The third-order valence-corrected chi connectivity index (χ3v) is 3.95. The Kier molecular flexibility index (Phi) is 5.63. The summed E-state index contributed by atoms with van der Waals surface area (Å²) in [7, 11) is 4.11. The molecule has 25 heavy (non-hydrogen) atoms. The van der Waals surface area contributed by atoms with E-state index in [1.807, 2.05) is 24.3 Å². The number of hydrogen-bond acceptors (Lipinski definition) is 5. The van der Waals surface area contributed by atoms with Crippen LogP contribution < -0.4 is 10.1 Å². The molecule has 0 spiro atoms. The molecule has 2 aromatic rings. The molecular formula is C19H23N3O3. The van der Waals surface area contributed by atoms with Gasteiger partial charge in [0.05, 0.1) is 18.8 Å². The summed E-state index contributed by atoms with van der Waals surface area (Å²) < 4.78 is 10.6. The summed E-state index contributed by atoms with van der Waals surface area (Å²) >= 11 is 0. The molecule has 132 valence electrons. The van der Waals surface area contributed by atoms with Crippen molar-refractivity contribution in [2.45, 2.75) is 12.5 Å². The van der Waals surface area contributed by atoms with Crippen LogP contribution in [0, 0.1) is 0 Å². The zero-order valence-corrected chi connectivity index (χ0v) is 14.6. The lowest BCUT2D eigenvalue weighted by atomic mass is 10.1. The highest BCUT2D eigenvalue weighted by Crippen LogP contribution is 2.15. The molecule has 1 aromatic carbocycles. The van der Waals surface area contributed by atoms with Gasteiger partial charge in [-0.3, -0.25) is 4.79 Å². The molecule has 2 heterocycles. The average Bonchev–Trinajstić information content (AvgIpc) is 2.58. The minimum Gasteiger partial charge on any atom is -0.469 e. The predicted molar refractivity (Wildman–Crippen MR) is 96.1 cm³/mol. The fourth-order valence-corrected chi connectivity index (χ4v) is 2.35. The highest BCUT2D eigenvalue weighted by atomic mass is 16.6. The molecule has 1 aliphatic heterocycles. The van der Waals surface area contributed by atoms with Crippen LogP contribution in [-0.2, 0) is 11.2 Å². The first-order valence-electron chi connectivity index (χ1n) is 8.35. The molecule has 1 N–H and O–H groups in total. The van der Waals surface area contributed by atoms with Crippen molar-refractivity contribution in [3.63, 3.8) is 0 Å². The number of nitrogens with one attached hydrogen (secondary N) is 1. The Bertz CT molecular complexity index is 695. The quantitative estimate of drug-likeness (QED) is 0.837. The van der Waals surface area contributed by atoms with E-state index in [9.17, 15) is 4.79 Å². The summed E-state index contributed by atoms with van der Waals surface area (Å²) in [6.45, 7) is 2.18. The number of amides is 1. The number of carbonyl (C=O) groups is 1. The van der Waals surface area contributed by atoms with Crippen LogP contribution in [0.1, 0.15) is 15.9 Å². The Balaban J connectivity index is 1.54. The summed E-state index contributed by atoms with van der Waals surface area (Å²) in [6.07, 6.45) is 2.58. The van der Waals surface area contributed by atoms with E-state index < -0.39 is 0 Å². The zero-order chi connectivity index (χ0) is 17.6. The molecule has 1 aliphatic rings. The van der Waals surface area contributed by atoms with E-state index in [1.54, 1.807) is 12.1 Å². The largest absolute Gasteiger partial charge is 0.469 e. The molecule has 1 amide bonds. The van der Waals surface area contributed by atoms with Crippen molar-refractivity contribution in [1.82, 2.24) is 9.88 Å². The Morgan fingerprint density at radius 1 is 1.24 bits per heavy atom. The van der Waals surface area contributed by atoms with Crippen molar-refractivity contribution in [2.24, 2.45) is 0 Å². The topological polar surface area (TPSA) is 63.7 Å². The van der Waals surface area contributed by atoms with E-state index in [0.29, 0.717) is 24.7 Å². The number of anilines is 1. The summed E-state index contributed by atoms with van der Waals surface area (Å²) in [4.78, 5) is 18.6. The van der Waals surface area contributed by atoms with Crippen molar-refractivity contribution in [2.75, 3.05) is 39.2 Å². The van der Waals surface area contributed by atoms with Crippen LogP contribution in [0.2, 0.25) is 0 Å². The molecule has 3 rings (SSSR count). The monoisotopic (exact) mass is 341 g/mol. The van der Waals surface area contributed by atoms with Crippen molar-refractivity contribution in [3.05, 3.63) is 53.7 Å². The SMILES string of the molecule is CN(C)CCc1ccc(NC(=O)c2ccc(OC3COC3)nc2)cc1. The first-order chi connectivity index (χ1) is 12.1. The number of nitrogens with zero attached hydrogens (tertiary/aromatic N) is 2. The average molecular weight is 341 g/mol. The third kappa shape index (κ3) is 5.01. The van der Waals surface area contributed by atoms with E-state index in [4.69, 9.17) is 9.47 Å². The maximum atomic E-state index is 12.3. The molecular weight excluding hydrogens is 318 g/mol. The number of ether oxygens (including phenoxy) is 2. The Morgan fingerprint density at radius 3 is 2.56 bits per heavy atom. The smallest absolute Gasteiger partial charge is 0.257 e. The van der Waals surface area contributed by atoms with Gasteiger partial charge in [0.2, 0.25) is 5.88 Å². The second-order valence-electron chi connectivity index (χ2n) is 6.37. The van der Waals surface area contributed by atoms with E-state index >= 15 is 0 Å². The third-order valence-electron chi connectivity index (χ3n) is 3.95. The number of benzene rings is 1. The lowest BCUT2D eigenvalue weighted by molar-refractivity contribution is -0.0813. The van der Waals surface area contributed by atoms with Gasteiger partial charge >= 0.3 is 0 Å². The number of pyridine rings is 1. The van der Waals surface area contributed by atoms with Gasteiger partial charge in [0.1, 0.15) is 6.10 Å². The van der Waals surface area contributed by atoms with Gasteiger partial charge < -0.3 is 19.7 Å². The number of likely N-dealkylation sites (N-methyl/N-ethyl adjacent to an activating group) is 1. The predicted octanol–water partition coefficient (Wildman–Crippen LogP) is 2.22. The molecule has 6 nitrogen and oxygen atoms in total. The summed E-state index contributed by atoms with van der Waals surface area (Å²) in [6, 6.07) is 11.3. The first kappa shape index (κ1) is 17.4. The van der Waals surface area contributed by atoms with Gasteiger partial charge in [0, 0.05) is 24.5 Å². The van der Waals surface area contributed by atoms with E-state index in [1.165, 1.54) is 11.8 Å². The minimum absolute atomic E-state index is 0.0678. The van der Waals surface area contributed by atoms with Gasteiger partial charge in [-0.2, -0.15) is 0 Å². The number of aromatic nitrogens is 1. The number of hydrogen-bond donors (Lipinski definition) is 1. The van der Waals surface area contributed by atoms with Gasteiger partial charge in [-0.1, -0.05) is 12.1 Å². The fourth-order valence-electron chi connectivity index (χ4n) is 2.35. The van der Waals surface area contributed by atoms with E-state index in [0.717, 1.165) is 18.7 Å². The molecule has 0 saturated carbocycles. The van der Waals surface area contributed by atoms with Crippen LogP contribution in [0.25, 0.3) is 0 Å². The maximum Gasteiger partial charge on any atom is 0.257 e. The van der Waals surface area contributed by atoms with Crippen LogP contribution in [0.5, 0.6) is 5.88 Å². The molecule has 6 heteroatoms. The van der Waals surface area contributed by atoms with Gasteiger partial charge in [-0.05, 0) is 44.3 Å². The lowest BCUT2D eigenvalue weighted by Gasteiger charge is -2.25. The maximum absolute atomic E-state index is 12.3. The van der Waals surface area contributed by atoms with Crippen molar-refractivity contribution >= 4 is 11.6 Å². The van der Waals surface area contributed by atoms with Crippen LogP contribution in [0.3, 0.4) is 0 Å². The van der Waals surface area contributed by atoms with Crippen LogP contribution in [0.4, 0.5) is 5.69 Å². The second kappa shape index (κ2) is 8.09. The Hall–Kier alpha value is -2.44. The molecule has 1 saturated heterocycles. The van der Waals surface area contributed by atoms with Crippen LogP contribution in [0.15, 0.2) is 42.6 Å². The molecule has 0 atom stereocenters. The number of rotatable bonds is 7. The van der Waals surface area contributed by atoms with Crippen molar-refractivity contribution < 1.29 is 14.3 Å². The van der Waals surface area contributed by atoms with Gasteiger partial charge in [0.25, 0.3) is 5.91 Å². The zero-order valence-electron chi connectivity index (χ0n) is 14.6. The van der Waals surface area contributed by atoms with E-state index in [2.05, 4.69) is 29.3 Å². The molecule has 0 unspecified atom stereocenters.